The lowest BCUT2D eigenvalue weighted by molar-refractivity contribution is 1.50. The Morgan fingerprint density at radius 2 is 1.70 bits per heavy atom. The van der Waals surface area contributed by atoms with E-state index in [4.69, 9.17) is 5.41 Å². The lowest BCUT2D eigenvalue weighted by Crippen LogP contribution is -1.94. The van der Waals surface area contributed by atoms with E-state index in [0.717, 1.165) is 5.57 Å². The zero-order chi connectivity index (χ0) is 7.98. The van der Waals surface area contributed by atoms with Crippen LogP contribution >= 0.6 is 0 Å². The van der Waals surface area contributed by atoms with Gasteiger partial charge in [-0.3, -0.25) is 0 Å². The maximum absolute atomic E-state index is 7.16. The van der Waals surface area contributed by atoms with Crippen LogP contribution < -0.4 is 0 Å². The van der Waals surface area contributed by atoms with Crippen molar-refractivity contribution in [1.82, 2.24) is 0 Å². The molecule has 1 nitrogen and oxygen atoms in total. The third kappa shape index (κ3) is 2.44. The van der Waals surface area contributed by atoms with Crippen molar-refractivity contribution in [3.63, 3.8) is 0 Å². The molecule has 1 aliphatic carbocycles. The fourth-order valence-corrected chi connectivity index (χ4v) is 0.520. The predicted octanol–water partition coefficient (Wildman–Crippen LogP) is 2.71. The number of rotatable bonds is 0. The Hall–Kier alpha value is -1.11. The van der Waals surface area contributed by atoms with Gasteiger partial charge in [0.1, 0.15) is 0 Å². The topological polar surface area (TPSA) is 23.9 Å². The maximum Gasteiger partial charge on any atom is 0.0606 e. The van der Waals surface area contributed by atoms with Crippen molar-refractivity contribution in [3.8, 4) is 0 Å². The summed E-state index contributed by atoms with van der Waals surface area (Å²) in [5, 5.41) is 7.16. The molecule has 1 aliphatic rings. The van der Waals surface area contributed by atoms with Crippen LogP contribution in [0.5, 0.6) is 0 Å². The quantitative estimate of drug-likeness (QED) is 0.528. The van der Waals surface area contributed by atoms with E-state index in [1.807, 2.05) is 32.1 Å². The second kappa shape index (κ2) is 4.74. The molecule has 0 aromatic carbocycles. The molecule has 0 aromatic rings. The van der Waals surface area contributed by atoms with Gasteiger partial charge in [0.05, 0.1) is 5.71 Å². The van der Waals surface area contributed by atoms with E-state index in [0.29, 0.717) is 5.71 Å². The van der Waals surface area contributed by atoms with Crippen molar-refractivity contribution in [3.05, 3.63) is 36.5 Å². The first-order chi connectivity index (χ1) is 4.80. The molecule has 54 valence electrons. The zero-order valence-electron chi connectivity index (χ0n) is 6.52. The van der Waals surface area contributed by atoms with E-state index in [2.05, 4.69) is 6.58 Å². The minimum atomic E-state index is 0.507. The monoisotopic (exact) mass is 135 g/mol. The fourth-order valence-electron chi connectivity index (χ4n) is 0.520. The van der Waals surface area contributed by atoms with Gasteiger partial charge in [0.25, 0.3) is 0 Å². The molecule has 1 N–H and O–H groups in total. The van der Waals surface area contributed by atoms with Gasteiger partial charge in [0.2, 0.25) is 0 Å². The van der Waals surface area contributed by atoms with E-state index >= 15 is 0 Å². The van der Waals surface area contributed by atoms with Crippen LogP contribution in [-0.2, 0) is 0 Å². The van der Waals surface area contributed by atoms with Crippen LogP contribution in [0.3, 0.4) is 0 Å². The van der Waals surface area contributed by atoms with Crippen LogP contribution in [0.25, 0.3) is 0 Å². The Labute approximate surface area is 62.3 Å². The fraction of sp³-hybridized carbons (Fsp3) is 0.222. The van der Waals surface area contributed by atoms with Crippen LogP contribution in [0, 0.1) is 5.41 Å². The van der Waals surface area contributed by atoms with E-state index in [-0.39, 0.29) is 0 Å². The molecular formula is C9H13N. The smallest absolute Gasteiger partial charge is 0.0606 e. The molecule has 0 bridgehead atoms. The van der Waals surface area contributed by atoms with Crippen LogP contribution in [0.4, 0.5) is 0 Å². The summed E-state index contributed by atoms with van der Waals surface area (Å²) < 4.78 is 0. The van der Waals surface area contributed by atoms with Crippen LogP contribution in [0.2, 0.25) is 0 Å². The largest absolute Gasteiger partial charge is 0.300 e. The van der Waals surface area contributed by atoms with Gasteiger partial charge in [0.15, 0.2) is 0 Å². The summed E-state index contributed by atoms with van der Waals surface area (Å²) in [5.41, 5.74) is 1.29. The molecule has 0 heterocycles. The molecule has 0 radical (unpaired) electrons. The molecule has 0 aromatic heterocycles. The average Bonchev–Trinajstić information content (AvgIpc) is 2.00. The van der Waals surface area contributed by atoms with Crippen LogP contribution in [-0.4, -0.2) is 5.71 Å². The lowest BCUT2D eigenvalue weighted by atomic mass is 10.1. The Morgan fingerprint density at radius 1 is 1.20 bits per heavy atom. The molecular weight excluding hydrogens is 122 g/mol. The van der Waals surface area contributed by atoms with Crippen molar-refractivity contribution in [2.75, 3.05) is 0 Å². The maximum atomic E-state index is 7.16. The molecule has 0 unspecified atom stereocenters. The van der Waals surface area contributed by atoms with Crippen LogP contribution in [0.15, 0.2) is 36.5 Å². The van der Waals surface area contributed by atoms with Gasteiger partial charge in [0, 0.05) is 0 Å². The van der Waals surface area contributed by atoms with E-state index in [1.54, 1.807) is 6.08 Å². The van der Waals surface area contributed by atoms with Gasteiger partial charge in [-0.25, -0.2) is 0 Å². The van der Waals surface area contributed by atoms with Gasteiger partial charge in [-0.05, 0) is 11.6 Å². The minimum Gasteiger partial charge on any atom is -0.300 e. The van der Waals surface area contributed by atoms with Crippen molar-refractivity contribution in [2.24, 2.45) is 0 Å². The molecule has 1 heteroatoms. The summed E-state index contributed by atoms with van der Waals surface area (Å²) >= 11 is 0. The predicted molar refractivity (Wildman–Crippen MR) is 46.5 cm³/mol. The third-order valence-corrected chi connectivity index (χ3v) is 1.02. The number of hydrogen-bond acceptors (Lipinski definition) is 1. The highest BCUT2D eigenvalue weighted by molar-refractivity contribution is 6.08. The molecule has 10 heavy (non-hydrogen) atoms. The number of hydrogen-bond donors (Lipinski definition) is 1. The first kappa shape index (κ1) is 8.89. The number of allylic oxidation sites excluding steroid dienone is 5. The third-order valence-electron chi connectivity index (χ3n) is 1.02. The molecule has 1 rings (SSSR count). The molecule has 0 aliphatic heterocycles. The van der Waals surface area contributed by atoms with Crippen molar-refractivity contribution in [2.45, 2.75) is 13.8 Å². The Morgan fingerprint density at radius 3 is 2.00 bits per heavy atom. The summed E-state index contributed by atoms with van der Waals surface area (Å²) in [4.78, 5) is 0. The Balaban J connectivity index is 0.000000371. The molecule has 0 amide bonds. The van der Waals surface area contributed by atoms with Gasteiger partial charge in [-0.2, -0.15) is 0 Å². The first-order valence-electron chi connectivity index (χ1n) is 3.43. The summed E-state index contributed by atoms with van der Waals surface area (Å²) in [6.07, 6.45) is 7.25. The molecule has 0 atom stereocenters. The average molecular weight is 135 g/mol. The Kier molecular flexibility index (Phi) is 4.21. The van der Waals surface area contributed by atoms with Gasteiger partial charge >= 0.3 is 0 Å². The molecule has 0 saturated heterocycles. The van der Waals surface area contributed by atoms with Crippen molar-refractivity contribution >= 4 is 5.71 Å². The van der Waals surface area contributed by atoms with Crippen molar-refractivity contribution in [1.29, 1.82) is 5.41 Å². The van der Waals surface area contributed by atoms with Gasteiger partial charge in [-0.15, -0.1) is 0 Å². The van der Waals surface area contributed by atoms with E-state index in [9.17, 15) is 0 Å². The zero-order valence-corrected chi connectivity index (χ0v) is 6.52. The second-order valence-electron chi connectivity index (χ2n) is 1.66. The van der Waals surface area contributed by atoms with Crippen molar-refractivity contribution < 1.29 is 0 Å². The van der Waals surface area contributed by atoms with E-state index < -0.39 is 0 Å². The standard InChI is InChI=1S/C7H7N.C2H6/c1-6-4-2-3-5-7(6)8;1-2/h2-5,8H,1H2;1-2H3. The highest BCUT2D eigenvalue weighted by Gasteiger charge is 1.94. The summed E-state index contributed by atoms with van der Waals surface area (Å²) in [6.45, 7) is 7.63. The SMILES string of the molecule is C=C1C=CC=CC1=N.CC. The van der Waals surface area contributed by atoms with E-state index in [1.165, 1.54) is 0 Å². The molecule has 0 saturated carbocycles. The number of nitrogens with one attached hydrogen (secondary N) is 1. The normalized spacial score (nSPS) is 14.6. The summed E-state index contributed by atoms with van der Waals surface area (Å²) in [5.74, 6) is 0. The summed E-state index contributed by atoms with van der Waals surface area (Å²) in [7, 11) is 0. The highest BCUT2D eigenvalue weighted by atomic mass is 14.4. The Bertz CT molecular complexity index is 163. The van der Waals surface area contributed by atoms with Gasteiger partial charge in [-0.1, -0.05) is 38.7 Å². The van der Waals surface area contributed by atoms with Gasteiger partial charge < -0.3 is 5.41 Å². The molecule has 0 spiro atoms. The highest BCUT2D eigenvalue weighted by Crippen LogP contribution is 2.02. The lowest BCUT2D eigenvalue weighted by Gasteiger charge is -1.98. The van der Waals surface area contributed by atoms with Crippen LogP contribution in [0.1, 0.15) is 13.8 Å². The first-order valence-corrected chi connectivity index (χ1v) is 3.43. The minimum absolute atomic E-state index is 0.507. The molecule has 0 fully saturated rings. The second-order valence-corrected chi connectivity index (χ2v) is 1.66. The summed E-state index contributed by atoms with van der Waals surface area (Å²) in [6, 6.07) is 0.